The number of aromatic amines is 1. The zero-order valence-corrected chi connectivity index (χ0v) is 27.8. The smallest absolute Gasteiger partial charge is 0.202 e. The molecule has 234 valence electrons. The Labute approximate surface area is 258 Å². The highest BCUT2D eigenvalue weighted by Gasteiger charge is 2.37. The Morgan fingerprint density at radius 1 is 1.19 bits per heavy atom. The molecule has 0 saturated heterocycles. The number of rotatable bonds is 16. The molecule has 0 bridgehead atoms. The molecule has 1 aliphatic rings. The average molecular weight is 589 g/mol. The summed E-state index contributed by atoms with van der Waals surface area (Å²) in [5.74, 6) is -0.00517. The number of allylic oxidation sites excluding steroid dienone is 8. The van der Waals surface area contributed by atoms with Gasteiger partial charge in [-0.3, -0.25) is 9.48 Å². The lowest BCUT2D eigenvalue weighted by Crippen LogP contribution is -2.19. The Bertz CT molecular complexity index is 1390. The maximum absolute atomic E-state index is 13.8. The zero-order chi connectivity index (χ0) is 31.7. The number of aromatic nitrogens is 4. The highest BCUT2D eigenvalue weighted by Crippen LogP contribution is 2.39. The van der Waals surface area contributed by atoms with Gasteiger partial charge in [0.1, 0.15) is 0 Å². The van der Waals surface area contributed by atoms with Crippen molar-refractivity contribution in [3.05, 3.63) is 82.1 Å². The average Bonchev–Trinajstić information content (AvgIpc) is 3.65. The zero-order valence-electron chi connectivity index (χ0n) is 27.8. The van der Waals surface area contributed by atoms with Gasteiger partial charge in [0.2, 0.25) is 12.0 Å². The molecule has 8 heteroatoms. The van der Waals surface area contributed by atoms with Crippen LogP contribution >= 0.6 is 0 Å². The summed E-state index contributed by atoms with van der Waals surface area (Å²) in [6.07, 6.45) is 17.4. The van der Waals surface area contributed by atoms with Crippen LogP contribution in [0.1, 0.15) is 115 Å². The molecule has 3 unspecified atom stereocenters. The van der Waals surface area contributed by atoms with E-state index in [1.807, 2.05) is 51.8 Å². The largest absolute Gasteiger partial charge is 0.461 e. The first-order valence-corrected chi connectivity index (χ1v) is 15.8. The summed E-state index contributed by atoms with van der Waals surface area (Å²) in [5.41, 5.74) is 7.76. The van der Waals surface area contributed by atoms with Crippen LogP contribution in [0, 0.1) is 18.3 Å². The number of hydrogen-bond donors (Lipinski definition) is 2. The monoisotopic (exact) mass is 588 g/mol. The molecule has 0 radical (unpaired) electrons. The highest BCUT2D eigenvalue weighted by molar-refractivity contribution is 5.99. The van der Waals surface area contributed by atoms with Crippen molar-refractivity contribution >= 4 is 11.5 Å². The predicted molar refractivity (Wildman–Crippen MR) is 175 cm³/mol. The Morgan fingerprint density at radius 3 is 2.56 bits per heavy atom. The normalized spacial score (nSPS) is 17.6. The number of nitrogens with one attached hydrogen (secondary N) is 2. The molecule has 0 amide bonds. The molecule has 3 atom stereocenters. The Morgan fingerprint density at radius 2 is 1.93 bits per heavy atom. The molecular weight excluding hydrogens is 536 g/mol. The van der Waals surface area contributed by atoms with E-state index in [9.17, 15) is 4.79 Å². The summed E-state index contributed by atoms with van der Waals surface area (Å²) in [6, 6.07) is 0. The van der Waals surface area contributed by atoms with Gasteiger partial charge in [0, 0.05) is 43.0 Å². The number of nitrogens with zero attached hydrogens (tertiary/aromatic N) is 4. The van der Waals surface area contributed by atoms with Crippen molar-refractivity contribution < 1.29 is 9.53 Å². The van der Waals surface area contributed by atoms with Gasteiger partial charge in [-0.25, -0.2) is 4.98 Å². The first-order valence-electron chi connectivity index (χ1n) is 15.8. The van der Waals surface area contributed by atoms with E-state index in [2.05, 4.69) is 65.9 Å². The van der Waals surface area contributed by atoms with Gasteiger partial charge in [-0.2, -0.15) is 5.10 Å². The molecule has 0 fully saturated rings. The van der Waals surface area contributed by atoms with Crippen LogP contribution in [0.5, 0.6) is 0 Å². The van der Waals surface area contributed by atoms with E-state index >= 15 is 0 Å². The van der Waals surface area contributed by atoms with Gasteiger partial charge in [0.15, 0.2) is 5.76 Å². The van der Waals surface area contributed by atoms with Crippen molar-refractivity contribution in [2.75, 3.05) is 7.05 Å². The topological polar surface area (TPSA) is 99.9 Å². The SMILES string of the molecule is CCC\C(C)=C/C=C\C(C)=C\C(=N)C(CCC(C)C(=O)C1=C(CC)N(C)C(c2cnn(C)c2C)O1)c1nc[nH]c1CCC. The van der Waals surface area contributed by atoms with Crippen LogP contribution in [-0.2, 0) is 23.0 Å². The van der Waals surface area contributed by atoms with Crippen LogP contribution in [0.15, 0.2) is 59.4 Å². The van der Waals surface area contributed by atoms with E-state index in [1.165, 1.54) is 5.57 Å². The highest BCUT2D eigenvalue weighted by atomic mass is 16.5. The fourth-order valence-corrected chi connectivity index (χ4v) is 5.73. The van der Waals surface area contributed by atoms with Crippen molar-refractivity contribution in [1.82, 2.24) is 24.6 Å². The van der Waals surface area contributed by atoms with Crippen molar-refractivity contribution in [1.29, 1.82) is 5.41 Å². The number of ketones is 1. The van der Waals surface area contributed by atoms with Crippen LogP contribution in [0.3, 0.4) is 0 Å². The third kappa shape index (κ3) is 8.24. The summed E-state index contributed by atoms with van der Waals surface area (Å²) < 4.78 is 8.19. The Hall–Kier alpha value is -3.68. The lowest BCUT2D eigenvalue weighted by molar-refractivity contribution is -0.123. The second-order valence-electron chi connectivity index (χ2n) is 11.9. The Balaban J connectivity index is 1.80. The van der Waals surface area contributed by atoms with Crippen molar-refractivity contribution in [2.45, 2.75) is 106 Å². The van der Waals surface area contributed by atoms with Gasteiger partial charge in [-0.15, -0.1) is 0 Å². The number of ether oxygens (including phenoxy) is 1. The van der Waals surface area contributed by atoms with E-state index < -0.39 is 0 Å². The van der Waals surface area contributed by atoms with Gasteiger partial charge in [0.25, 0.3) is 0 Å². The fourth-order valence-electron chi connectivity index (χ4n) is 5.73. The number of aryl methyl sites for hydroxylation is 2. The first kappa shape index (κ1) is 33.8. The van der Waals surface area contributed by atoms with Crippen molar-refractivity contribution in [3.63, 3.8) is 0 Å². The van der Waals surface area contributed by atoms with E-state index in [0.29, 0.717) is 30.7 Å². The minimum atomic E-state index is -0.363. The van der Waals surface area contributed by atoms with Crippen molar-refractivity contribution in [3.8, 4) is 0 Å². The van der Waals surface area contributed by atoms with Gasteiger partial charge >= 0.3 is 0 Å². The summed E-state index contributed by atoms with van der Waals surface area (Å²) in [7, 11) is 3.89. The molecule has 3 rings (SSSR count). The van der Waals surface area contributed by atoms with Crippen molar-refractivity contribution in [2.24, 2.45) is 13.0 Å². The number of hydrogen-bond acceptors (Lipinski definition) is 6. The fraction of sp³-hybridized carbons (Fsp3) is 0.543. The number of H-pyrrole nitrogens is 1. The molecule has 0 spiro atoms. The number of Topliss-reactive ketones (excluding diaryl/α,β-unsaturated/α-hetero) is 1. The maximum atomic E-state index is 13.8. The molecule has 3 heterocycles. The first-order chi connectivity index (χ1) is 20.5. The summed E-state index contributed by atoms with van der Waals surface area (Å²) >= 11 is 0. The molecule has 0 aliphatic carbocycles. The second-order valence-corrected chi connectivity index (χ2v) is 11.9. The molecule has 2 N–H and O–H groups in total. The van der Waals surface area contributed by atoms with Crippen LogP contribution in [0.4, 0.5) is 0 Å². The maximum Gasteiger partial charge on any atom is 0.202 e. The quantitative estimate of drug-likeness (QED) is 0.153. The third-order valence-electron chi connectivity index (χ3n) is 8.43. The lowest BCUT2D eigenvalue weighted by Gasteiger charge is -2.22. The molecule has 8 nitrogen and oxygen atoms in total. The molecule has 0 aromatic carbocycles. The summed E-state index contributed by atoms with van der Waals surface area (Å²) in [5, 5.41) is 13.5. The van der Waals surface area contributed by atoms with Crippen LogP contribution in [-0.4, -0.2) is 43.2 Å². The summed E-state index contributed by atoms with van der Waals surface area (Å²) in [4.78, 5) is 23.9. The van der Waals surface area contributed by atoms with E-state index in [-0.39, 0.29) is 23.8 Å². The number of carbonyl (C=O) groups is 1. The second kappa shape index (κ2) is 15.7. The lowest BCUT2D eigenvalue weighted by atomic mass is 9.86. The van der Waals surface area contributed by atoms with Gasteiger partial charge in [-0.05, 0) is 64.5 Å². The minimum absolute atomic E-state index is 0.0118. The van der Waals surface area contributed by atoms with Gasteiger partial charge < -0.3 is 20.0 Å². The van der Waals surface area contributed by atoms with Crippen LogP contribution in [0.25, 0.3) is 0 Å². The minimum Gasteiger partial charge on any atom is -0.461 e. The van der Waals surface area contributed by atoms with E-state index in [0.717, 1.165) is 59.6 Å². The van der Waals surface area contributed by atoms with Crippen LogP contribution < -0.4 is 0 Å². The molecule has 2 aromatic heterocycles. The number of imidazole rings is 1. The van der Waals surface area contributed by atoms with Crippen LogP contribution in [0.2, 0.25) is 0 Å². The molecule has 43 heavy (non-hydrogen) atoms. The molecular formula is C35H52N6O2. The standard InChI is InChI=1S/C35H52N6O2/c1-10-14-23(4)16-13-17-24(5)20-29(36)27(32-30(15-11-2)37-22-38-32)19-18-25(6)33(42)34-31(12-3)40(8)35(43-34)28-21-39-41(9)26(28)7/h13,16-17,20-22,25,27,35-36H,10-12,14-15,18-19H2,1-9H3,(H,37,38)/b17-13-,23-16-,24-20+,36-29?. The summed E-state index contributed by atoms with van der Waals surface area (Å²) in [6.45, 7) is 14.5. The molecule has 0 saturated carbocycles. The predicted octanol–water partition coefficient (Wildman–Crippen LogP) is 8.02. The third-order valence-corrected chi connectivity index (χ3v) is 8.43. The van der Waals surface area contributed by atoms with E-state index in [4.69, 9.17) is 10.1 Å². The number of carbonyl (C=O) groups excluding carboxylic acids is 1. The Kier molecular flexibility index (Phi) is 12.3. The van der Waals surface area contributed by atoms with Gasteiger partial charge in [0.05, 0.1) is 29.5 Å². The van der Waals surface area contributed by atoms with Gasteiger partial charge in [-0.1, -0.05) is 64.3 Å². The molecule has 1 aliphatic heterocycles. The molecule has 2 aromatic rings. The van der Waals surface area contributed by atoms with E-state index in [1.54, 1.807) is 6.33 Å².